The zero-order valence-electron chi connectivity index (χ0n) is 9.14. The first-order valence-corrected chi connectivity index (χ1v) is 5.13. The topological polar surface area (TPSA) is 38.9 Å². The number of hydrogen-bond acceptors (Lipinski definition) is 2. The average molecular weight is 218 g/mol. The van der Waals surface area contributed by atoms with Gasteiger partial charge in [0.1, 0.15) is 5.82 Å². The molecule has 2 rings (SSSR count). The van der Waals surface area contributed by atoms with Gasteiger partial charge in [0.2, 0.25) is 0 Å². The van der Waals surface area contributed by atoms with Gasteiger partial charge in [-0.25, -0.2) is 4.98 Å². The molecule has 0 saturated heterocycles. The van der Waals surface area contributed by atoms with E-state index < -0.39 is 0 Å². The van der Waals surface area contributed by atoms with Gasteiger partial charge in [-0.1, -0.05) is 30.0 Å². The summed E-state index contributed by atoms with van der Waals surface area (Å²) in [4.78, 5) is 3.89. The van der Waals surface area contributed by atoms with E-state index in [4.69, 9.17) is 5.73 Å². The summed E-state index contributed by atoms with van der Waals surface area (Å²) in [6.07, 6.45) is 1.63. The molecule has 0 unspecified atom stereocenters. The van der Waals surface area contributed by atoms with Crippen molar-refractivity contribution in [3.63, 3.8) is 0 Å². The number of nitrogens with zero attached hydrogens (tertiary/aromatic N) is 1. The smallest absolute Gasteiger partial charge is 0.124 e. The van der Waals surface area contributed by atoms with E-state index in [1.807, 2.05) is 30.3 Å². The van der Waals surface area contributed by atoms with Crippen molar-refractivity contribution in [3.05, 3.63) is 59.8 Å². The van der Waals surface area contributed by atoms with Crippen molar-refractivity contribution in [3.8, 4) is 23.7 Å². The van der Waals surface area contributed by atoms with Crippen molar-refractivity contribution in [2.24, 2.45) is 0 Å². The highest BCUT2D eigenvalue weighted by atomic mass is 14.8. The van der Waals surface area contributed by atoms with E-state index in [1.165, 1.54) is 0 Å². The van der Waals surface area contributed by atoms with Crippen molar-refractivity contribution in [2.45, 2.75) is 0 Å². The summed E-state index contributed by atoms with van der Waals surface area (Å²) in [5.41, 5.74) is 7.31. The predicted octanol–water partition coefficient (Wildman–Crippen LogP) is 2.07. The molecule has 0 amide bonds. The molecular weight excluding hydrogens is 208 g/mol. The highest BCUT2D eigenvalue weighted by molar-refractivity contribution is 5.46. The summed E-state index contributed by atoms with van der Waals surface area (Å²) in [7, 11) is 0. The number of anilines is 1. The Morgan fingerprint density at radius 1 is 0.882 bits per heavy atom. The minimum atomic E-state index is 0.466. The second kappa shape index (κ2) is 5.39. The Labute approximate surface area is 101 Å². The van der Waals surface area contributed by atoms with Crippen LogP contribution in [0.15, 0.2) is 48.7 Å². The number of benzene rings is 1. The van der Waals surface area contributed by atoms with Gasteiger partial charge in [-0.15, -0.1) is 0 Å². The lowest BCUT2D eigenvalue weighted by Gasteiger charge is -1.90. The lowest BCUT2D eigenvalue weighted by molar-refractivity contribution is 1.33. The average Bonchev–Trinajstić information content (AvgIpc) is 2.36. The highest BCUT2D eigenvalue weighted by Gasteiger charge is 1.87. The summed E-state index contributed by atoms with van der Waals surface area (Å²) in [5, 5.41) is 0. The molecule has 2 aromatic rings. The number of rotatable bonds is 0. The van der Waals surface area contributed by atoms with Gasteiger partial charge < -0.3 is 5.73 Å². The van der Waals surface area contributed by atoms with E-state index in [0.29, 0.717) is 5.82 Å². The molecule has 1 aromatic carbocycles. The lowest BCUT2D eigenvalue weighted by atomic mass is 10.2. The zero-order chi connectivity index (χ0) is 11.9. The largest absolute Gasteiger partial charge is 0.384 e. The maximum atomic E-state index is 5.54. The molecular formula is C15H10N2. The zero-order valence-corrected chi connectivity index (χ0v) is 9.14. The highest BCUT2D eigenvalue weighted by Crippen LogP contribution is 2.00. The Bertz CT molecular complexity index is 622. The molecule has 0 fully saturated rings. The molecule has 0 aliphatic carbocycles. The normalized spacial score (nSPS) is 8.47. The minimum Gasteiger partial charge on any atom is -0.384 e. The van der Waals surface area contributed by atoms with Crippen LogP contribution in [0.4, 0.5) is 5.82 Å². The van der Waals surface area contributed by atoms with E-state index >= 15 is 0 Å². The lowest BCUT2D eigenvalue weighted by Crippen LogP contribution is -1.88. The molecule has 0 aliphatic heterocycles. The summed E-state index contributed by atoms with van der Waals surface area (Å²) in [6, 6.07) is 13.3. The van der Waals surface area contributed by atoms with E-state index in [9.17, 15) is 0 Å². The molecule has 0 aliphatic rings. The van der Waals surface area contributed by atoms with Crippen molar-refractivity contribution in [2.75, 3.05) is 5.73 Å². The van der Waals surface area contributed by atoms with Crippen LogP contribution < -0.4 is 5.73 Å². The fraction of sp³-hybridized carbons (Fsp3) is 0. The SMILES string of the molecule is Nc1cc(C#CC#Cc2ccccc2)ccn1. The van der Waals surface area contributed by atoms with Crippen molar-refractivity contribution in [1.29, 1.82) is 0 Å². The molecule has 0 saturated carbocycles. The van der Waals surface area contributed by atoms with Gasteiger partial charge >= 0.3 is 0 Å². The number of aromatic nitrogens is 1. The fourth-order valence-electron chi connectivity index (χ4n) is 1.25. The standard InChI is InChI=1S/C15H10N2/c16-15-12-14(10-11-17-15)9-5-4-8-13-6-2-1-3-7-13/h1-3,6-7,10-12H,(H2,16,17). The molecule has 2 N–H and O–H groups in total. The van der Waals surface area contributed by atoms with Crippen molar-refractivity contribution < 1.29 is 0 Å². The van der Waals surface area contributed by atoms with Crippen LogP contribution in [-0.2, 0) is 0 Å². The van der Waals surface area contributed by atoms with E-state index in [1.54, 1.807) is 18.3 Å². The van der Waals surface area contributed by atoms with Crippen LogP contribution in [0.5, 0.6) is 0 Å². The fourth-order valence-corrected chi connectivity index (χ4v) is 1.25. The first-order chi connectivity index (χ1) is 8.34. The Kier molecular flexibility index (Phi) is 3.43. The van der Waals surface area contributed by atoms with Gasteiger partial charge in [0.25, 0.3) is 0 Å². The third kappa shape index (κ3) is 3.41. The molecule has 80 valence electrons. The van der Waals surface area contributed by atoms with Gasteiger partial charge in [0.05, 0.1) is 0 Å². The first kappa shape index (κ1) is 10.8. The quantitative estimate of drug-likeness (QED) is 0.687. The van der Waals surface area contributed by atoms with Crippen LogP contribution in [-0.4, -0.2) is 4.98 Å². The van der Waals surface area contributed by atoms with Crippen LogP contribution in [0.2, 0.25) is 0 Å². The maximum Gasteiger partial charge on any atom is 0.124 e. The summed E-state index contributed by atoms with van der Waals surface area (Å²) < 4.78 is 0. The third-order valence-corrected chi connectivity index (χ3v) is 2.03. The summed E-state index contributed by atoms with van der Waals surface area (Å²) in [5.74, 6) is 11.9. The molecule has 0 radical (unpaired) electrons. The molecule has 1 heterocycles. The molecule has 17 heavy (non-hydrogen) atoms. The molecule has 1 aromatic heterocycles. The molecule has 0 bridgehead atoms. The number of pyridine rings is 1. The van der Waals surface area contributed by atoms with Gasteiger partial charge in [-0.2, -0.15) is 0 Å². The van der Waals surface area contributed by atoms with Gasteiger partial charge in [-0.05, 0) is 36.1 Å². The maximum absolute atomic E-state index is 5.54. The van der Waals surface area contributed by atoms with Crippen molar-refractivity contribution in [1.82, 2.24) is 4.98 Å². The predicted molar refractivity (Wildman–Crippen MR) is 68.8 cm³/mol. The first-order valence-electron chi connectivity index (χ1n) is 5.13. The summed E-state index contributed by atoms with van der Waals surface area (Å²) in [6.45, 7) is 0. The van der Waals surface area contributed by atoms with E-state index in [0.717, 1.165) is 11.1 Å². The van der Waals surface area contributed by atoms with Gasteiger partial charge in [0, 0.05) is 17.3 Å². The molecule has 0 spiro atoms. The number of nitrogen functional groups attached to an aromatic ring is 1. The molecule has 2 heteroatoms. The van der Waals surface area contributed by atoms with Crippen LogP contribution in [0, 0.1) is 23.7 Å². The van der Waals surface area contributed by atoms with Crippen LogP contribution in [0.25, 0.3) is 0 Å². The van der Waals surface area contributed by atoms with Gasteiger partial charge in [0.15, 0.2) is 0 Å². The van der Waals surface area contributed by atoms with Crippen LogP contribution in [0.3, 0.4) is 0 Å². The monoisotopic (exact) mass is 218 g/mol. The third-order valence-electron chi connectivity index (χ3n) is 2.03. The summed E-state index contributed by atoms with van der Waals surface area (Å²) >= 11 is 0. The number of hydrogen-bond donors (Lipinski definition) is 1. The Balaban J connectivity index is 2.12. The number of nitrogens with two attached hydrogens (primary N) is 1. The Morgan fingerprint density at radius 2 is 1.59 bits per heavy atom. The second-order valence-corrected chi connectivity index (χ2v) is 3.34. The van der Waals surface area contributed by atoms with Crippen LogP contribution >= 0.6 is 0 Å². The van der Waals surface area contributed by atoms with E-state index in [-0.39, 0.29) is 0 Å². The van der Waals surface area contributed by atoms with Crippen molar-refractivity contribution >= 4 is 5.82 Å². The van der Waals surface area contributed by atoms with Gasteiger partial charge in [-0.3, -0.25) is 0 Å². The molecule has 2 nitrogen and oxygen atoms in total. The second-order valence-electron chi connectivity index (χ2n) is 3.34. The minimum absolute atomic E-state index is 0.466. The molecule has 0 atom stereocenters. The Morgan fingerprint density at radius 3 is 2.29 bits per heavy atom. The van der Waals surface area contributed by atoms with E-state index in [2.05, 4.69) is 28.7 Å². The van der Waals surface area contributed by atoms with Crippen LogP contribution in [0.1, 0.15) is 11.1 Å². The Hall–Kier alpha value is -2.71.